The fourth-order valence-corrected chi connectivity index (χ4v) is 2.64. The summed E-state index contributed by atoms with van der Waals surface area (Å²) in [7, 11) is 0. The number of halogens is 6. The molecule has 1 aromatic carbocycles. The van der Waals surface area contributed by atoms with E-state index in [0.29, 0.717) is 13.1 Å². The highest BCUT2D eigenvalue weighted by Gasteiger charge is 2.38. The van der Waals surface area contributed by atoms with Crippen LogP contribution in [-0.2, 0) is 0 Å². The molecule has 21 heavy (non-hydrogen) atoms. The molecule has 0 radical (unpaired) electrons. The largest absolute Gasteiger partial charge is 0.390 e. The van der Waals surface area contributed by atoms with Gasteiger partial charge in [-0.05, 0) is 12.1 Å². The Morgan fingerprint density at radius 3 is 2.38 bits per heavy atom. The number of nitrogens with one attached hydrogen (secondary N) is 1. The predicted molar refractivity (Wildman–Crippen MR) is 69.2 cm³/mol. The Morgan fingerprint density at radius 2 is 1.81 bits per heavy atom. The molecule has 118 valence electrons. The molecule has 1 aliphatic rings. The zero-order valence-electron chi connectivity index (χ0n) is 11.0. The summed E-state index contributed by atoms with van der Waals surface area (Å²) in [5, 5.41) is 2.61. The normalized spacial score (nSPS) is 18.8. The molecule has 0 aromatic heterocycles. The Labute approximate surface area is 123 Å². The van der Waals surface area contributed by atoms with Gasteiger partial charge in [0.25, 0.3) is 0 Å². The molecule has 1 N–H and O–H groups in total. The Morgan fingerprint density at radius 1 is 1.19 bits per heavy atom. The number of nitrogens with zero attached hydrogens (tertiary/aromatic N) is 1. The van der Waals surface area contributed by atoms with Crippen molar-refractivity contribution in [2.75, 3.05) is 26.2 Å². The number of hydrogen-bond donors (Lipinski definition) is 1. The number of hydrogen-bond acceptors (Lipinski definition) is 2. The van der Waals surface area contributed by atoms with Crippen molar-refractivity contribution in [3.8, 4) is 0 Å². The molecule has 0 unspecified atom stereocenters. The van der Waals surface area contributed by atoms with Crippen molar-refractivity contribution in [2.45, 2.75) is 18.6 Å². The molecule has 0 saturated carbocycles. The van der Waals surface area contributed by atoms with E-state index in [-0.39, 0.29) is 18.1 Å². The predicted octanol–water partition coefficient (Wildman–Crippen LogP) is 3.52. The summed E-state index contributed by atoms with van der Waals surface area (Å²) < 4.78 is 66.3. The molecule has 1 heterocycles. The van der Waals surface area contributed by atoms with Gasteiger partial charge < -0.3 is 5.32 Å². The topological polar surface area (TPSA) is 15.3 Å². The van der Waals surface area contributed by atoms with Crippen LogP contribution in [0.25, 0.3) is 0 Å². The van der Waals surface area contributed by atoms with E-state index in [9.17, 15) is 22.0 Å². The molecular formula is C13H14ClF5N2. The van der Waals surface area contributed by atoms with Gasteiger partial charge in [-0.2, -0.15) is 13.2 Å². The minimum Gasteiger partial charge on any atom is -0.314 e. The van der Waals surface area contributed by atoms with E-state index in [2.05, 4.69) is 5.32 Å². The van der Waals surface area contributed by atoms with E-state index < -0.39 is 35.8 Å². The first kappa shape index (κ1) is 16.5. The fourth-order valence-electron chi connectivity index (χ4n) is 2.47. The highest BCUT2D eigenvalue weighted by Crippen LogP contribution is 2.37. The Hall–Kier alpha value is -0.920. The van der Waals surface area contributed by atoms with Gasteiger partial charge in [0.05, 0.1) is 11.4 Å². The molecule has 1 aromatic rings. The first-order valence-corrected chi connectivity index (χ1v) is 6.82. The van der Waals surface area contributed by atoms with Gasteiger partial charge in [0.1, 0.15) is 11.6 Å². The van der Waals surface area contributed by atoms with E-state index in [4.69, 9.17) is 11.6 Å². The van der Waals surface area contributed by atoms with E-state index in [1.54, 1.807) is 0 Å². The standard InChI is InChI=1S/C13H14ClF5N2/c14-8-1-2-9(15)11(12(8)16)10(7-13(17,18)19)21-5-3-20-4-6-21/h1-2,10,20H,3-7H2/t10-/m1/s1. The van der Waals surface area contributed by atoms with Gasteiger partial charge in [-0.3, -0.25) is 4.90 Å². The molecule has 1 aliphatic heterocycles. The maximum Gasteiger partial charge on any atom is 0.390 e. The molecule has 8 heteroatoms. The van der Waals surface area contributed by atoms with E-state index >= 15 is 0 Å². The molecule has 2 nitrogen and oxygen atoms in total. The highest BCUT2D eigenvalue weighted by atomic mass is 35.5. The first-order chi connectivity index (χ1) is 9.79. The molecule has 0 amide bonds. The Kier molecular flexibility index (Phi) is 5.06. The molecule has 0 aliphatic carbocycles. The Balaban J connectivity index is 2.41. The van der Waals surface area contributed by atoms with Crippen LogP contribution in [0.5, 0.6) is 0 Å². The molecular weight excluding hydrogens is 315 g/mol. The van der Waals surface area contributed by atoms with Crippen molar-refractivity contribution < 1.29 is 22.0 Å². The maximum atomic E-state index is 14.1. The van der Waals surface area contributed by atoms with E-state index in [1.165, 1.54) is 4.90 Å². The summed E-state index contributed by atoms with van der Waals surface area (Å²) in [5.41, 5.74) is -0.610. The van der Waals surface area contributed by atoms with Gasteiger partial charge in [-0.15, -0.1) is 0 Å². The first-order valence-electron chi connectivity index (χ1n) is 6.44. The monoisotopic (exact) mass is 328 g/mol. The third kappa shape index (κ3) is 4.05. The van der Waals surface area contributed by atoms with Gasteiger partial charge in [0.15, 0.2) is 0 Å². The van der Waals surface area contributed by atoms with Gasteiger partial charge >= 0.3 is 6.18 Å². The third-order valence-electron chi connectivity index (χ3n) is 3.43. The van der Waals surface area contributed by atoms with E-state index in [0.717, 1.165) is 12.1 Å². The molecule has 1 atom stereocenters. The minimum absolute atomic E-state index is 0.284. The summed E-state index contributed by atoms with van der Waals surface area (Å²) >= 11 is 5.59. The number of rotatable bonds is 3. The van der Waals surface area contributed by atoms with Crippen LogP contribution in [0.4, 0.5) is 22.0 Å². The van der Waals surface area contributed by atoms with Gasteiger partial charge in [-0.1, -0.05) is 11.6 Å². The summed E-state index contributed by atoms with van der Waals surface area (Å²) in [6, 6.07) is 0.482. The van der Waals surface area contributed by atoms with Crippen molar-refractivity contribution in [3.05, 3.63) is 34.4 Å². The molecule has 0 spiro atoms. The van der Waals surface area contributed by atoms with Crippen LogP contribution >= 0.6 is 11.6 Å². The zero-order valence-corrected chi connectivity index (χ0v) is 11.7. The van der Waals surface area contributed by atoms with Crippen LogP contribution in [0.1, 0.15) is 18.0 Å². The van der Waals surface area contributed by atoms with Gasteiger partial charge in [-0.25, -0.2) is 8.78 Å². The lowest BCUT2D eigenvalue weighted by Crippen LogP contribution is -2.46. The van der Waals surface area contributed by atoms with Crippen molar-refractivity contribution >= 4 is 11.6 Å². The van der Waals surface area contributed by atoms with Crippen molar-refractivity contribution in [3.63, 3.8) is 0 Å². The summed E-state index contributed by atoms with van der Waals surface area (Å²) in [6.07, 6.45) is -5.85. The fraction of sp³-hybridized carbons (Fsp3) is 0.538. The summed E-state index contributed by atoms with van der Waals surface area (Å²) in [4.78, 5) is 1.43. The minimum atomic E-state index is -4.53. The SMILES string of the molecule is Fc1ccc(Cl)c(F)c1[C@@H](CC(F)(F)F)N1CCNCC1. The second-order valence-electron chi connectivity index (χ2n) is 4.88. The van der Waals surface area contributed by atoms with Crippen LogP contribution in [0.2, 0.25) is 5.02 Å². The molecule has 2 rings (SSSR count). The molecule has 0 bridgehead atoms. The average molecular weight is 329 g/mol. The Bertz CT molecular complexity index is 500. The second kappa shape index (κ2) is 6.46. The molecule has 1 saturated heterocycles. The van der Waals surface area contributed by atoms with Crippen LogP contribution < -0.4 is 5.32 Å². The second-order valence-corrected chi connectivity index (χ2v) is 5.29. The lowest BCUT2D eigenvalue weighted by atomic mass is 9.99. The van der Waals surface area contributed by atoms with Crippen LogP contribution in [-0.4, -0.2) is 37.3 Å². The number of benzene rings is 1. The highest BCUT2D eigenvalue weighted by molar-refractivity contribution is 6.30. The molecule has 1 fully saturated rings. The van der Waals surface area contributed by atoms with Gasteiger partial charge in [0.2, 0.25) is 0 Å². The average Bonchev–Trinajstić information content (AvgIpc) is 2.42. The van der Waals surface area contributed by atoms with Crippen LogP contribution in [0.15, 0.2) is 12.1 Å². The quantitative estimate of drug-likeness (QED) is 0.674. The third-order valence-corrected chi connectivity index (χ3v) is 3.72. The van der Waals surface area contributed by atoms with E-state index in [1.807, 2.05) is 0 Å². The number of alkyl halides is 3. The van der Waals surface area contributed by atoms with Crippen LogP contribution in [0, 0.1) is 11.6 Å². The van der Waals surface area contributed by atoms with Crippen molar-refractivity contribution in [2.24, 2.45) is 0 Å². The number of piperazine rings is 1. The van der Waals surface area contributed by atoms with Crippen molar-refractivity contribution in [1.82, 2.24) is 10.2 Å². The lowest BCUT2D eigenvalue weighted by molar-refractivity contribution is -0.149. The zero-order chi connectivity index (χ0) is 15.6. The van der Waals surface area contributed by atoms with Gasteiger partial charge in [0, 0.05) is 37.8 Å². The summed E-state index contributed by atoms with van der Waals surface area (Å²) in [5.74, 6) is -2.13. The van der Waals surface area contributed by atoms with Crippen molar-refractivity contribution in [1.29, 1.82) is 0 Å². The smallest absolute Gasteiger partial charge is 0.314 e. The maximum absolute atomic E-state index is 14.1. The van der Waals surface area contributed by atoms with Crippen LogP contribution in [0.3, 0.4) is 0 Å². The lowest BCUT2D eigenvalue weighted by Gasteiger charge is -2.36. The summed E-state index contributed by atoms with van der Waals surface area (Å²) in [6.45, 7) is 1.51.